The molecule has 2 aliphatic heterocycles. The number of ether oxygens (including phenoxy) is 1. The molecule has 2 heterocycles. The summed E-state index contributed by atoms with van der Waals surface area (Å²) in [6, 6.07) is 0. The van der Waals surface area contributed by atoms with Crippen molar-refractivity contribution in [2.75, 3.05) is 19.7 Å². The maximum atomic E-state index is 13.4. The average molecular weight is 293 g/mol. The number of nitrogens with zero attached hydrogens (tertiary/aromatic N) is 1. The van der Waals surface area contributed by atoms with Crippen molar-refractivity contribution in [3.8, 4) is 0 Å². The summed E-state index contributed by atoms with van der Waals surface area (Å²) < 4.78 is 6.02. The van der Waals surface area contributed by atoms with Gasteiger partial charge in [0.05, 0.1) is 11.1 Å². The van der Waals surface area contributed by atoms with E-state index >= 15 is 0 Å². The Kier molecular flexibility index (Phi) is 4.42. The zero-order valence-corrected chi connectivity index (χ0v) is 13.8. The molecule has 0 N–H and O–H groups in total. The van der Waals surface area contributed by atoms with Crippen LogP contribution in [0.1, 0.15) is 71.6 Å². The normalized spacial score (nSPS) is 29.5. The second kappa shape index (κ2) is 6.00. The molecule has 0 amide bonds. The Morgan fingerprint density at radius 3 is 2.38 bits per heavy atom. The Bertz CT molecular complexity index is 379. The van der Waals surface area contributed by atoms with E-state index in [2.05, 4.69) is 18.7 Å². The molecule has 0 aromatic rings. The Morgan fingerprint density at radius 2 is 1.86 bits per heavy atom. The fourth-order valence-corrected chi connectivity index (χ4v) is 4.90. The minimum absolute atomic E-state index is 0.0802. The van der Waals surface area contributed by atoms with Crippen LogP contribution in [0, 0.1) is 5.92 Å². The highest BCUT2D eigenvalue weighted by molar-refractivity contribution is 5.90. The van der Waals surface area contributed by atoms with Gasteiger partial charge in [0, 0.05) is 12.5 Å². The number of hydrogen-bond donors (Lipinski definition) is 0. The van der Waals surface area contributed by atoms with Gasteiger partial charge >= 0.3 is 0 Å². The van der Waals surface area contributed by atoms with E-state index in [0.29, 0.717) is 5.78 Å². The summed E-state index contributed by atoms with van der Waals surface area (Å²) in [5.74, 6) is 0.767. The van der Waals surface area contributed by atoms with Gasteiger partial charge in [-0.05, 0) is 70.9 Å². The Balaban J connectivity index is 1.76. The van der Waals surface area contributed by atoms with Gasteiger partial charge in [-0.3, -0.25) is 9.69 Å². The van der Waals surface area contributed by atoms with Gasteiger partial charge < -0.3 is 4.74 Å². The molecule has 1 saturated carbocycles. The number of likely N-dealkylation sites (tertiary alicyclic amines) is 1. The highest BCUT2D eigenvalue weighted by atomic mass is 16.5. The third-order valence-corrected chi connectivity index (χ3v) is 6.47. The van der Waals surface area contributed by atoms with Crippen molar-refractivity contribution in [3.05, 3.63) is 0 Å². The third-order valence-electron chi connectivity index (χ3n) is 6.47. The molecule has 1 unspecified atom stereocenters. The summed E-state index contributed by atoms with van der Waals surface area (Å²) in [6.45, 7) is 7.43. The van der Waals surface area contributed by atoms with E-state index < -0.39 is 0 Å². The number of rotatable bonds is 5. The van der Waals surface area contributed by atoms with Crippen molar-refractivity contribution in [3.63, 3.8) is 0 Å². The lowest BCUT2D eigenvalue weighted by molar-refractivity contribution is -0.162. The SMILES string of the molecule is CCC(CC)(C(=O)C1CCOC2(CCC2)C1)N1CCCC1. The number of carbonyl (C=O) groups excluding carboxylic acids is 1. The molecule has 1 spiro atoms. The van der Waals surface area contributed by atoms with Crippen molar-refractivity contribution >= 4 is 5.78 Å². The molecule has 3 aliphatic rings. The minimum Gasteiger partial charge on any atom is -0.375 e. The first kappa shape index (κ1) is 15.5. The van der Waals surface area contributed by atoms with Gasteiger partial charge in [-0.15, -0.1) is 0 Å². The fourth-order valence-electron chi connectivity index (χ4n) is 4.90. The molecule has 3 heteroatoms. The van der Waals surface area contributed by atoms with Crippen molar-refractivity contribution in [2.45, 2.75) is 82.8 Å². The van der Waals surface area contributed by atoms with Crippen LogP contribution in [0.4, 0.5) is 0 Å². The summed E-state index contributed by atoms with van der Waals surface area (Å²) in [5, 5.41) is 0. The summed E-state index contributed by atoms with van der Waals surface area (Å²) >= 11 is 0. The van der Waals surface area contributed by atoms with E-state index in [4.69, 9.17) is 4.74 Å². The van der Waals surface area contributed by atoms with Gasteiger partial charge in [0.25, 0.3) is 0 Å². The molecule has 1 aliphatic carbocycles. The van der Waals surface area contributed by atoms with Crippen LogP contribution in [-0.2, 0) is 9.53 Å². The molecule has 0 radical (unpaired) electrons. The van der Waals surface area contributed by atoms with E-state index in [0.717, 1.165) is 45.4 Å². The topological polar surface area (TPSA) is 29.5 Å². The maximum Gasteiger partial charge on any atom is 0.156 e. The van der Waals surface area contributed by atoms with Crippen LogP contribution in [0.15, 0.2) is 0 Å². The lowest BCUT2D eigenvalue weighted by Gasteiger charge is -2.49. The first-order chi connectivity index (χ1) is 10.2. The van der Waals surface area contributed by atoms with Gasteiger partial charge in [0.15, 0.2) is 5.78 Å². The summed E-state index contributed by atoms with van der Waals surface area (Å²) in [5.41, 5.74) is -0.111. The third kappa shape index (κ3) is 2.57. The molecule has 0 bridgehead atoms. The van der Waals surface area contributed by atoms with Gasteiger partial charge in [-0.1, -0.05) is 13.8 Å². The summed E-state index contributed by atoms with van der Waals surface area (Å²) in [6.07, 6.45) is 9.99. The van der Waals surface area contributed by atoms with Gasteiger partial charge in [0.1, 0.15) is 0 Å². The molecule has 3 rings (SSSR count). The standard InChI is InChI=1S/C18H31NO2/c1-3-18(4-2,19-11-5-6-12-19)16(20)15-8-13-21-17(14-15)9-7-10-17/h15H,3-14H2,1-2H3. The highest BCUT2D eigenvalue weighted by Gasteiger charge is 2.50. The molecule has 3 nitrogen and oxygen atoms in total. The minimum atomic E-state index is -0.191. The smallest absolute Gasteiger partial charge is 0.156 e. The second-order valence-corrected chi connectivity index (χ2v) is 7.37. The van der Waals surface area contributed by atoms with Crippen molar-refractivity contribution in [2.24, 2.45) is 5.92 Å². The Labute approximate surface area is 129 Å². The largest absolute Gasteiger partial charge is 0.375 e. The number of Topliss-reactive ketones (excluding diaryl/α,β-unsaturated/α-hetero) is 1. The molecular formula is C18H31NO2. The molecule has 3 fully saturated rings. The molecule has 0 aromatic heterocycles. The number of hydrogen-bond acceptors (Lipinski definition) is 3. The lowest BCUT2D eigenvalue weighted by Crippen LogP contribution is -2.57. The Morgan fingerprint density at radius 1 is 1.19 bits per heavy atom. The van der Waals surface area contributed by atoms with Crippen LogP contribution in [0.5, 0.6) is 0 Å². The predicted octanol–water partition coefficient (Wildman–Crippen LogP) is 3.56. The van der Waals surface area contributed by atoms with E-state index in [1.165, 1.54) is 32.1 Å². The van der Waals surface area contributed by atoms with Crippen LogP contribution in [0.3, 0.4) is 0 Å². The van der Waals surface area contributed by atoms with Crippen LogP contribution in [0.2, 0.25) is 0 Å². The van der Waals surface area contributed by atoms with Crippen LogP contribution in [-0.4, -0.2) is 41.5 Å². The first-order valence-corrected chi connectivity index (χ1v) is 9.09. The van der Waals surface area contributed by atoms with Gasteiger partial charge in [-0.2, -0.15) is 0 Å². The van der Waals surface area contributed by atoms with E-state index in [-0.39, 0.29) is 17.1 Å². The zero-order valence-electron chi connectivity index (χ0n) is 13.8. The van der Waals surface area contributed by atoms with Crippen molar-refractivity contribution < 1.29 is 9.53 Å². The van der Waals surface area contributed by atoms with Crippen LogP contribution < -0.4 is 0 Å². The van der Waals surface area contributed by atoms with Crippen molar-refractivity contribution in [1.82, 2.24) is 4.90 Å². The second-order valence-electron chi connectivity index (χ2n) is 7.37. The molecule has 21 heavy (non-hydrogen) atoms. The Hall–Kier alpha value is -0.410. The highest BCUT2D eigenvalue weighted by Crippen LogP contribution is 2.46. The zero-order chi connectivity index (χ0) is 14.9. The summed E-state index contributed by atoms with van der Waals surface area (Å²) in [4.78, 5) is 15.9. The molecule has 1 atom stereocenters. The molecule has 0 aromatic carbocycles. The molecule has 2 saturated heterocycles. The predicted molar refractivity (Wildman–Crippen MR) is 84.4 cm³/mol. The maximum absolute atomic E-state index is 13.4. The first-order valence-electron chi connectivity index (χ1n) is 9.09. The average Bonchev–Trinajstić information content (AvgIpc) is 3.02. The van der Waals surface area contributed by atoms with Gasteiger partial charge in [-0.25, -0.2) is 0 Å². The van der Waals surface area contributed by atoms with Crippen LogP contribution >= 0.6 is 0 Å². The quantitative estimate of drug-likeness (QED) is 0.776. The number of ketones is 1. The monoisotopic (exact) mass is 293 g/mol. The molecule has 120 valence electrons. The van der Waals surface area contributed by atoms with Crippen molar-refractivity contribution in [1.29, 1.82) is 0 Å². The van der Waals surface area contributed by atoms with E-state index in [1.54, 1.807) is 0 Å². The number of carbonyl (C=O) groups is 1. The summed E-state index contributed by atoms with van der Waals surface area (Å²) in [7, 11) is 0. The van der Waals surface area contributed by atoms with E-state index in [1.807, 2.05) is 0 Å². The lowest BCUT2D eigenvalue weighted by atomic mass is 9.68. The molecular weight excluding hydrogens is 262 g/mol. The van der Waals surface area contributed by atoms with Gasteiger partial charge in [0.2, 0.25) is 0 Å². The fraction of sp³-hybridized carbons (Fsp3) is 0.944. The van der Waals surface area contributed by atoms with E-state index in [9.17, 15) is 4.79 Å². The van der Waals surface area contributed by atoms with Crippen LogP contribution in [0.25, 0.3) is 0 Å².